The number of fused-ring (bicyclic) bond motifs is 1. The highest BCUT2D eigenvalue weighted by atomic mass is 16.2. The Hall–Kier alpha value is -2.89. The van der Waals surface area contributed by atoms with Gasteiger partial charge in [0.25, 0.3) is 5.91 Å². The second kappa shape index (κ2) is 7.02. The largest absolute Gasteiger partial charge is 0.335 e. The van der Waals surface area contributed by atoms with Crippen LogP contribution in [0, 0.1) is 6.92 Å². The van der Waals surface area contributed by atoms with Gasteiger partial charge in [0, 0.05) is 37.9 Å². The fourth-order valence-electron chi connectivity index (χ4n) is 3.80. The number of carbonyl (C=O) groups excluding carboxylic acids is 2. The summed E-state index contributed by atoms with van der Waals surface area (Å²) in [6, 6.07) is 7.56. The third-order valence-electron chi connectivity index (χ3n) is 5.31. The standard InChI is InChI=1S/C21H24N4O2/c1-15-6-5-7-17(12-15)21(27)25-11-10-24-14-18(22-20(24)16(25)2)13-19(26)23-8-3-4-9-23/h3-7,12,14,16H,8-11,13H2,1-2H3/t16-/m0/s1. The second-order valence-corrected chi connectivity index (χ2v) is 7.27. The first-order valence-corrected chi connectivity index (χ1v) is 9.39. The lowest BCUT2D eigenvalue weighted by Gasteiger charge is -2.33. The number of aromatic nitrogens is 2. The topological polar surface area (TPSA) is 58.4 Å². The SMILES string of the molecule is Cc1cccc(C(=O)N2CCn3cc(CC(=O)N4CC=CC4)nc3[C@@H]2C)c1. The Morgan fingerprint density at radius 2 is 1.96 bits per heavy atom. The van der Waals surface area contributed by atoms with Gasteiger partial charge < -0.3 is 14.4 Å². The molecule has 0 aliphatic carbocycles. The summed E-state index contributed by atoms with van der Waals surface area (Å²) in [5.41, 5.74) is 2.56. The van der Waals surface area contributed by atoms with Crippen molar-refractivity contribution >= 4 is 11.8 Å². The van der Waals surface area contributed by atoms with E-state index in [1.165, 1.54) is 0 Å². The molecule has 0 bridgehead atoms. The van der Waals surface area contributed by atoms with Crippen LogP contribution in [0.3, 0.4) is 0 Å². The molecular formula is C21H24N4O2. The van der Waals surface area contributed by atoms with Crippen LogP contribution in [0.2, 0.25) is 0 Å². The summed E-state index contributed by atoms with van der Waals surface area (Å²) in [5, 5.41) is 0. The van der Waals surface area contributed by atoms with Gasteiger partial charge in [-0.15, -0.1) is 0 Å². The van der Waals surface area contributed by atoms with Crippen LogP contribution in [0.1, 0.15) is 40.4 Å². The molecule has 27 heavy (non-hydrogen) atoms. The third kappa shape index (κ3) is 3.39. The molecule has 2 aromatic rings. The Morgan fingerprint density at radius 1 is 1.19 bits per heavy atom. The number of hydrogen-bond donors (Lipinski definition) is 0. The number of carbonyl (C=O) groups is 2. The van der Waals surface area contributed by atoms with E-state index in [1.807, 2.05) is 66.3 Å². The van der Waals surface area contributed by atoms with Gasteiger partial charge >= 0.3 is 0 Å². The van der Waals surface area contributed by atoms with Crippen molar-refractivity contribution in [1.29, 1.82) is 0 Å². The maximum Gasteiger partial charge on any atom is 0.254 e. The number of nitrogens with zero attached hydrogens (tertiary/aromatic N) is 4. The Bertz CT molecular complexity index is 907. The first kappa shape index (κ1) is 17.5. The summed E-state index contributed by atoms with van der Waals surface area (Å²) in [5.74, 6) is 0.974. The Labute approximate surface area is 159 Å². The number of rotatable bonds is 3. The molecule has 0 saturated carbocycles. The van der Waals surface area contributed by atoms with Crippen molar-refractivity contribution < 1.29 is 9.59 Å². The van der Waals surface area contributed by atoms with E-state index in [0.717, 1.165) is 17.1 Å². The van der Waals surface area contributed by atoms with E-state index >= 15 is 0 Å². The van der Waals surface area contributed by atoms with Crippen LogP contribution in [0.4, 0.5) is 0 Å². The quantitative estimate of drug-likeness (QED) is 0.786. The van der Waals surface area contributed by atoms with Gasteiger partial charge in [-0.2, -0.15) is 0 Å². The zero-order valence-electron chi connectivity index (χ0n) is 15.8. The van der Waals surface area contributed by atoms with Crippen molar-refractivity contribution in [3.8, 4) is 0 Å². The van der Waals surface area contributed by atoms with E-state index in [-0.39, 0.29) is 17.9 Å². The molecule has 0 fully saturated rings. The van der Waals surface area contributed by atoms with Crippen LogP contribution >= 0.6 is 0 Å². The molecule has 6 nitrogen and oxygen atoms in total. The van der Waals surface area contributed by atoms with Gasteiger partial charge in [0.05, 0.1) is 18.2 Å². The van der Waals surface area contributed by atoms with Gasteiger partial charge in [0.15, 0.2) is 0 Å². The van der Waals surface area contributed by atoms with E-state index in [9.17, 15) is 9.59 Å². The van der Waals surface area contributed by atoms with Crippen molar-refractivity contribution in [3.63, 3.8) is 0 Å². The van der Waals surface area contributed by atoms with Crippen LogP contribution < -0.4 is 0 Å². The molecule has 2 aliphatic rings. The number of benzene rings is 1. The van der Waals surface area contributed by atoms with Crippen molar-refractivity contribution in [2.45, 2.75) is 32.9 Å². The first-order chi connectivity index (χ1) is 13.0. The van der Waals surface area contributed by atoms with Gasteiger partial charge in [-0.05, 0) is 26.0 Å². The van der Waals surface area contributed by atoms with Gasteiger partial charge in [-0.25, -0.2) is 4.98 Å². The maximum absolute atomic E-state index is 13.0. The molecule has 3 heterocycles. The molecule has 0 saturated heterocycles. The first-order valence-electron chi connectivity index (χ1n) is 9.39. The Balaban J connectivity index is 1.50. The molecule has 2 amide bonds. The van der Waals surface area contributed by atoms with Crippen LogP contribution in [-0.4, -0.2) is 50.8 Å². The molecule has 0 unspecified atom stereocenters. The van der Waals surface area contributed by atoms with Crippen LogP contribution in [0.15, 0.2) is 42.6 Å². The lowest BCUT2D eigenvalue weighted by Crippen LogP contribution is -2.41. The summed E-state index contributed by atoms with van der Waals surface area (Å²) in [6.07, 6.45) is 6.28. The minimum absolute atomic E-state index is 0.0289. The number of hydrogen-bond acceptors (Lipinski definition) is 3. The molecule has 6 heteroatoms. The third-order valence-corrected chi connectivity index (χ3v) is 5.31. The maximum atomic E-state index is 13.0. The molecule has 0 radical (unpaired) electrons. The lowest BCUT2D eigenvalue weighted by molar-refractivity contribution is -0.129. The summed E-state index contributed by atoms with van der Waals surface area (Å²) < 4.78 is 2.08. The molecule has 1 aromatic heterocycles. The monoisotopic (exact) mass is 364 g/mol. The molecule has 0 N–H and O–H groups in total. The smallest absolute Gasteiger partial charge is 0.254 e. The number of imidazole rings is 1. The second-order valence-electron chi connectivity index (χ2n) is 7.27. The molecule has 2 aliphatic heterocycles. The molecular weight excluding hydrogens is 340 g/mol. The van der Waals surface area contributed by atoms with E-state index in [2.05, 4.69) is 9.55 Å². The Kier molecular flexibility index (Phi) is 4.56. The predicted molar refractivity (Wildman–Crippen MR) is 102 cm³/mol. The van der Waals surface area contributed by atoms with Gasteiger partial charge in [-0.1, -0.05) is 29.8 Å². The molecule has 1 atom stereocenters. The molecule has 4 rings (SSSR count). The van der Waals surface area contributed by atoms with E-state index in [4.69, 9.17) is 0 Å². The van der Waals surface area contributed by atoms with Crippen molar-refractivity contribution in [2.75, 3.05) is 19.6 Å². The number of aryl methyl sites for hydroxylation is 1. The minimum Gasteiger partial charge on any atom is -0.335 e. The van der Waals surface area contributed by atoms with Crippen LogP contribution in [-0.2, 0) is 17.8 Å². The fraction of sp³-hybridized carbons (Fsp3) is 0.381. The zero-order valence-corrected chi connectivity index (χ0v) is 15.8. The Morgan fingerprint density at radius 3 is 2.70 bits per heavy atom. The van der Waals surface area contributed by atoms with Crippen molar-refractivity contribution in [3.05, 3.63) is 65.3 Å². The van der Waals surface area contributed by atoms with E-state index in [0.29, 0.717) is 38.2 Å². The highest BCUT2D eigenvalue weighted by Gasteiger charge is 2.30. The molecule has 140 valence electrons. The van der Waals surface area contributed by atoms with Crippen molar-refractivity contribution in [1.82, 2.24) is 19.4 Å². The van der Waals surface area contributed by atoms with Crippen LogP contribution in [0.25, 0.3) is 0 Å². The highest BCUT2D eigenvalue weighted by molar-refractivity contribution is 5.94. The summed E-state index contributed by atoms with van der Waals surface area (Å²) in [7, 11) is 0. The van der Waals surface area contributed by atoms with E-state index < -0.39 is 0 Å². The van der Waals surface area contributed by atoms with Crippen LogP contribution in [0.5, 0.6) is 0 Å². The summed E-state index contributed by atoms with van der Waals surface area (Å²) in [6.45, 7) is 6.69. The van der Waals surface area contributed by atoms with E-state index in [1.54, 1.807) is 0 Å². The molecule has 0 spiro atoms. The van der Waals surface area contributed by atoms with Gasteiger partial charge in [-0.3, -0.25) is 9.59 Å². The highest BCUT2D eigenvalue weighted by Crippen LogP contribution is 2.26. The van der Waals surface area contributed by atoms with Gasteiger partial charge in [0.1, 0.15) is 5.82 Å². The molecule has 1 aromatic carbocycles. The summed E-state index contributed by atoms with van der Waals surface area (Å²) in [4.78, 5) is 33.7. The summed E-state index contributed by atoms with van der Waals surface area (Å²) >= 11 is 0. The average molecular weight is 364 g/mol. The minimum atomic E-state index is -0.121. The van der Waals surface area contributed by atoms with Gasteiger partial charge in [0.2, 0.25) is 5.91 Å². The average Bonchev–Trinajstić information content (AvgIpc) is 3.31. The number of amides is 2. The zero-order chi connectivity index (χ0) is 19.0. The predicted octanol–water partition coefficient (Wildman–Crippen LogP) is 2.35. The fourth-order valence-corrected chi connectivity index (χ4v) is 3.80. The lowest BCUT2D eigenvalue weighted by atomic mass is 10.1. The normalized spacial score (nSPS) is 18.7. The van der Waals surface area contributed by atoms with Crippen molar-refractivity contribution in [2.24, 2.45) is 0 Å².